The van der Waals surface area contributed by atoms with Gasteiger partial charge in [-0.2, -0.15) is 0 Å². The van der Waals surface area contributed by atoms with E-state index < -0.39 is 5.60 Å². The lowest BCUT2D eigenvalue weighted by Crippen LogP contribution is -2.48. The number of β-amino-alcohol motifs (C(OH)–C–C–N with tert-alkyl or cyclic N) is 1. The lowest BCUT2D eigenvalue weighted by Gasteiger charge is -2.30. The molecule has 0 saturated carbocycles. The molecule has 1 unspecified atom stereocenters. The Kier molecular flexibility index (Phi) is 8.05. The van der Waals surface area contributed by atoms with Crippen LogP contribution in [-0.4, -0.2) is 71.8 Å². The fraction of sp³-hybridized carbons (Fsp3) is 0.423. The molecule has 1 aliphatic rings. The number of hydrogen-bond donors (Lipinski definition) is 1. The summed E-state index contributed by atoms with van der Waals surface area (Å²) in [5.74, 6) is 2.13. The Labute approximate surface area is 200 Å². The van der Waals surface area contributed by atoms with Crippen LogP contribution in [0.15, 0.2) is 61.2 Å². The van der Waals surface area contributed by atoms with Crippen LogP contribution in [0.2, 0.25) is 0 Å². The number of ether oxygens (including phenoxy) is 4. The lowest BCUT2D eigenvalue weighted by atomic mass is 10.1. The van der Waals surface area contributed by atoms with Crippen LogP contribution in [0.25, 0.3) is 0 Å². The molecule has 0 radical (unpaired) electrons. The van der Waals surface area contributed by atoms with E-state index in [1.807, 2.05) is 60.2 Å². The maximum absolute atomic E-state index is 11.2. The number of aliphatic hydroxyl groups is 1. The average molecular weight is 468 g/mol. The molecule has 3 aromatic rings. The number of methoxy groups -OCH3 is 1. The van der Waals surface area contributed by atoms with Crippen molar-refractivity contribution in [3.8, 4) is 17.2 Å². The van der Waals surface area contributed by atoms with E-state index in [0.717, 1.165) is 17.9 Å². The summed E-state index contributed by atoms with van der Waals surface area (Å²) in [5.41, 5.74) is 1.14. The van der Waals surface area contributed by atoms with Gasteiger partial charge < -0.3 is 28.6 Å². The van der Waals surface area contributed by atoms with Gasteiger partial charge in [0.05, 0.1) is 33.2 Å². The zero-order valence-electron chi connectivity index (χ0n) is 19.9. The van der Waals surface area contributed by atoms with Crippen LogP contribution in [0, 0.1) is 6.92 Å². The van der Waals surface area contributed by atoms with Crippen molar-refractivity contribution in [3.05, 3.63) is 72.3 Å². The van der Waals surface area contributed by atoms with Crippen LogP contribution >= 0.6 is 0 Å². The summed E-state index contributed by atoms with van der Waals surface area (Å²) >= 11 is 0. The van der Waals surface area contributed by atoms with Crippen LogP contribution in [0.4, 0.5) is 0 Å². The predicted octanol–water partition coefficient (Wildman–Crippen LogP) is 2.92. The van der Waals surface area contributed by atoms with Gasteiger partial charge in [-0.3, -0.25) is 4.90 Å². The maximum atomic E-state index is 11.2. The molecule has 1 aromatic heterocycles. The van der Waals surface area contributed by atoms with Gasteiger partial charge in [-0.1, -0.05) is 23.8 Å². The second-order valence-corrected chi connectivity index (χ2v) is 8.72. The van der Waals surface area contributed by atoms with Gasteiger partial charge in [0.15, 0.2) is 11.5 Å². The number of imidazole rings is 1. The van der Waals surface area contributed by atoms with Crippen LogP contribution in [0.5, 0.6) is 17.2 Å². The summed E-state index contributed by atoms with van der Waals surface area (Å²) in [4.78, 5) is 6.23. The molecular formula is C26H33N3O5. The van der Waals surface area contributed by atoms with E-state index >= 15 is 0 Å². The number of benzene rings is 2. The molecule has 0 spiro atoms. The minimum atomic E-state index is -1.10. The van der Waals surface area contributed by atoms with Crippen molar-refractivity contribution >= 4 is 0 Å². The van der Waals surface area contributed by atoms with Gasteiger partial charge in [0.1, 0.15) is 24.6 Å². The quantitative estimate of drug-likeness (QED) is 0.491. The predicted molar refractivity (Wildman–Crippen MR) is 128 cm³/mol. The van der Waals surface area contributed by atoms with Gasteiger partial charge in [0.2, 0.25) is 0 Å². The van der Waals surface area contributed by atoms with Gasteiger partial charge in [-0.15, -0.1) is 0 Å². The SMILES string of the molecule is COc1ccc(CN2CCOCC(O)(COc3ccc(C)cc3)C2)cc1OCCn1ccnc1. The first-order valence-corrected chi connectivity index (χ1v) is 11.5. The molecule has 2 aromatic carbocycles. The Morgan fingerprint density at radius 1 is 1.12 bits per heavy atom. The summed E-state index contributed by atoms with van der Waals surface area (Å²) in [5, 5.41) is 11.2. The molecule has 1 atom stereocenters. The summed E-state index contributed by atoms with van der Waals surface area (Å²) in [6.07, 6.45) is 5.42. The zero-order valence-corrected chi connectivity index (χ0v) is 19.9. The summed E-state index contributed by atoms with van der Waals surface area (Å²) in [7, 11) is 1.64. The maximum Gasteiger partial charge on any atom is 0.161 e. The first kappa shape index (κ1) is 24.1. The van der Waals surface area contributed by atoms with Gasteiger partial charge in [-0.05, 0) is 36.8 Å². The molecule has 4 rings (SSSR count). The number of rotatable bonds is 10. The third kappa shape index (κ3) is 6.72. The standard InChI is InChI=1S/C26H33N3O5/c1-21-3-6-23(7-4-21)34-19-26(30)17-29(11-13-32-18-26)16-22-5-8-24(31-2)25(15-22)33-14-12-28-10-9-27-20-28/h3-10,15,20,30H,11-14,16-19H2,1-2H3. The van der Waals surface area contributed by atoms with Crippen molar-refractivity contribution < 1.29 is 24.1 Å². The van der Waals surface area contributed by atoms with Gasteiger partial charge >= 0.3 is 0 Å². The monoisotopic (exact) mass is 467 g/mol. The third-order valence-corrected chi connectivity index (χ3v) is 5.77. The second-order valence-electron chi connectivity index (χ2n) is 8.72. The van der Waals surface area contributed by atoms with Crippen LogP contribution in [0.3, 0.4) is 0 Å². The van der Waals surface area contributed by atoms with E-state index in [2.05, 4.69) is 9.88 Å². The zero-order chi connectivity index (χ0) is 23.8. The van der Waals surface area contributed by atoms with E-state index in [1.54, 1.807) is 19.6 Å². The van der Waals surface area contributed by atoms with Crippen molar-refractivity contribution in [2.45, 2.75) is 25.6 Å². The van der Waals surface area contributed by atoms with Crippen molar-refractivity contribution in [1.29, 1.82) is 0 Å². The summed E-state index contributed by atoms with van der Waals surface area (Å²) in [6.45, 7) is 6.00. The summed E-state index contributed by atoms with van der Waals surface area (Å²) < 4.78 is 25.0. The Morgan fingerprint density at radius 2 is 1.97 bits per heavy atom. The molecular weight excluding hydrogens is 434 g/mol. The number of hydrogen-bond acceptors (Lipinski definition) is 7. The fourth-order valence-corrected chi connectivity index (χ4v) is 3.94. The molecule has 0 amide bonds. The first-order valence-electron chi connectivity index (χ1n) is 11.5. The van der Waals surface area contributed by atoms with E-state index in [-0.39, 0.29) is 13.2 Å². The van der Waals surface area contributed by atoms with E-state index in [4.69, 9.17) is 18.9 Å². The Balaban J connectivity index is 1.37. The fourth-order valence-electron chi connectivity index (χ4n) is 3.94. The topological polar surface area (TPSA) is 78.2 Å². The molecule has 1 saturated heterocycles. The number of nitrogens with zero attached hydrogens (tertiary/aromatic N) is 3. The first-order chi connectivity index (χ1) is 16.5. The highest BCUT2D eigenvalue weighted by Gasteiger charge is 2.33. The third-order valence-electron chi connectivity index (χ3n) is 5.77. The van der Waals surface area contributed by atoms with Crippen molar-refractivity contribution in [2.24, 2.45) is 0 Å². The highest BCUT2D eigenvalue weighted by atomic mass is 16.5. The molecule has 1 N–H and O–H groups in total. The summed E-state index contributed by atoms with van der Waals surface area (Å²) in [6, 6.07) is 13.8. The van der Waals surface area contributed by atoms with E-state index in [1.165, 1.54) is 5.56 Å². The smallest absolute Gasteiger partial charge is 0.161 e. The van der Waals surface area contributed by atoms with Gasteiger partial charge in [0, 0.05) is 32.0 Å². The van der Waals surface area contributed by atoms with Crippen LogP contribution < -0.4 is 14.2 Å². The highest BCUT2D eigenvalue weighted by Crippen LogP contribution is 2.29. The van der Waals surface area contributed by atoms with Crippen LogP contribution in [-0.2, 0) is 17.8 Å². The molecule has 8 heteroatoms. The molecule has 182 valence electrons. The van der Waals surface area contributed by atoms with Gasteiger partial charge in [0.25, 0.3) is 0 Å². The number of aromatic nitrogens is 2. The minimum absolute atomic E-state index is 0.164. The highest BCUT2D eigenvalue weighted by molar-refractivity contribution is 5.43. The van der Waals surface area contributed by atoms with Crippen LogP contribution in [0.1, 0.15) is 11.1 Å². The molecule has 0 aliphatic carbocycles. The second kappa shape index (κ2) is 11.4. The van der Waals surface area contributed by atoms with E-state index in [9.17, 15) is 5.11 Å². The molecule has 0 bridgehead atoms. The van der Waals surface area contributed by atoms with Gasteiger partial charge in [-0.25, -0.2) is 4.98 Å². The van der Waals surface area contributed by atoms with Crippen molar-refractivity contribution in [2.75, 3.05) is 46.6 Å². The average Bonchev–Trinajstić information content (AvgIpc) is 3.28. The number of aryl methyl sites for hydroxylation is 1. The van der Waals surface area contributed by atoms with Crippen molar-refractivity contribution in [1.82, 2.24) is 14.5 Å². The molecule has 1 aliphatic heterocycles. The normalized spacial score (nSPS) is 18.9. The van der Waals surface area contributed by atoms with E-state index in [0.29, 0.717) is 44.3 Å². The molecule has 2 heterocycles. The minimum Gasteiger partial charge on any atom is -0.493 e. The molecule has 1 fully saturated rings. The Bertz CT molecular complexity index is 1030. The molecule has 34 heavy (non-hydrogen) atoms. The van der Waals surface area contributed by atoms with Crippen molar-refractivity contribution in [3.63, 3.8) is 0 Å². The largest absolute Gasteiger partial charge is 0.493 e. The lowest BCUT2D eigenvalue weighted by molar-refractivity contribution is -0.0646. The molecule has 8 nitrogen and oxygen atoms in total. The Morgan fingerprint density at radius 3 is 2.74 bits per heavy atom. The Hall–Kier alpha value is -3.07.